The quantitative estimate of drug-likeness (QED) is 0.690. The summed E-state index contributed by atoms with van der Waals surface area (Å²) in [7, 11) is 1.34. The highest BCUT2D eigenvalue weighted by molar-refractivity contribution is 8.13. The lowest BCUT2D eigenvalue weighted by Crippen LogP contribution is -1.97. The van der Waals surface area contributed by atoms with E-state index in [2.05, 4.69) is 4.98 Å². The zero-order valence-electron chi connectivity index (χ0n) is 5.87. The summed E-state index contributed by atoms with van der Waals surface area (Å²) in [5.41, 5.74) is 0.228. The van der Waals surface area contributed by atoms with Crippen molar-refractivity contribution in [2.75, 3.05) is 0 Å². The number of aromatic nitrogens is 1. The van der Waals surface area contributed by atoms with Crippen molar-refractivity contribution in [2.45, 2.75) is 5.75 Å². The lowest BCUT2D eigenvalue weighted by molar-refractivity contribution is 0.606. The monoisotopic (exact) mass is 209 g/mol. The molecule has 6 heteroatoms. The van der Waals surface area contributed by atoms with E-state index in [4.69, 9.17) is 10.7 Å². The Hall–Kier alpha value is -0.680. The van der Waals surface area contributed by atoms with Crippen LogP contribution in [0.5, 0.6) is 0 Å². The lowest BCUT2D eigenvalue weighted by atomic mass is 10.4. The van der Waals surface area contributed by atoms with Crippen LogP contribution in [0.1, 0.15) is 5.69 Å². The Bertz CT molecular complexity index is 362. The summed E-state index contributed by atoms with van der Waals surface area (Å²) >= 11 is 0. The molecule has 0 fully saturated rings. The molecule has 3 nitrogen and oxygen atoms in total. The van der Waals surface area contributed by atoms with Gasteiger partial charge in [-0.1, -0.05) is 0 Å². The SMILES string of the molecule is O=S(=O)(Cl)Cc1ccc(F)cn1. The first-order valence-corrected chi connectivity index (χ1v) is 5.48. The molecule has 1 aromatic heterocycles. The van der Waals surface area contributed by atoms with Gasteiger partial charge in [-0.05, 0) is 12.1 Å². The predicted octanol–water partition coefficient (Wildman–Crippen LogP) is 1.29. The van der Waals surface area contributed by atoms with Crippen molar-refractivity contribution in [3.63, 3.8) is 0 Å². The summed E-state index contributed by atoms with van der Waals surface area (Å²) in [6, 6.07) is 2.40. The van der Waals surface area contributed by atoms with Gasteiger partial charge in [-0.15, -0.1) is 0 Å². The van der Waals surface area contributed by atoms with Crippen molar-refractivity contribution in [3.05, 3.63) is 29.8 Å². The first-order chi connectivity index (χ1) is 5.47. The topological polar surface area (TPSA) is 47.0 Å². The molecule has 0 aromatic carbocycles. The number of nitrogens with zero attached hydrogens (tertiary/aromatic N) is 1. The van der Waals surface area contributed by atoms with Crippen molar-refractivity contribution >= 4 is 19.7 Å². The van der Waals surface area contributed by atoms with Gasteiger partial charge in [-0.3, -0.25) is 4.98 Å². The van der Waals surface area contributed by atoms with E-state index >= 15 is 0 Å². The Kier molecular flexibility index (Phi) is 2.64. The predicted molar refractivity (Wildman–Crippen MR) is 42.7 cm³/mol. The number of rotatable bonds is 2. The minimum Gasteiger partial charge on any atom is -0.257 e. The third-order valence-corrected chi connectivity index (χ3v) is 2.08. The third-order valence-electron chi connectivity index (χ3n) is 1.11. The molecule has 0 spiro atoms. The second-order valence-corrected chi connectivity index (χ2v) is 4.93. The first kappa shape index (κ1) is 9.41. The number of hydrogen-bond acceptors (Lipinski definition) is 3. The van der Waals surface area contributed by atoms with Gasteiger partial charge in [0, 0.05) is 10.7 Å². The maximum absolute atomic E-state index is 12.3. The average Bonchev–Trinajstić information content (AvgIpc) is 1.91. The molecule has 0 aliphatic rings. The molecule has 0 saturated heterocycles. The lowest BCUT2D eigenvalue weighted by Gasteiger charge is -1.95. The molecule has 0 aliphatic carbocycles. The highest BCUT2D eigenvalue weighted by atomic mass is 35.7. The van der Waals surface area contributed by atoms with E-state index in [1.165, 1.54) is 6.07 Å². The number of hydrogen-bond donors (Lipinski definition) is 0. The average molecular weight is 210 g/mol. The highest BCUT2D eigenvalue weighted by Crippen LogP contribution is 2.06. The standard InChI is InChI=1S/C6H5ClFNO2S/c7-12(10,11)4-6-2-1-5(8)3-9-6/h1-3H,4H2. The zero-order chi connectivity index (χ0) is 9.19. The van der Waals surface area contributed by atoms with Gasteiger partial charge in [0.25, 0.3) is 0 Å². The maximum atomic E-state index is 12.3. The largest absolute Gasteiger partial charge is 0.257 e. The molecule has 1 aromatic rings. The van der Waals surface area contributed by atoms with Crippen molar-refractivity contribution in [1.29, 1.82) is 0 Å². The van der Waals surface area contributed by atoms with E-state index in [0.717, 1.165) is 12.3 Å². The Balaban J connectivity index is 2.85. The molecular weight excluding hydrogens is 205 g/mol. The first-order valence-electron chi connectivity index (χ1n) is 3.00. The summed E-state index contributed by atoms with van der Waals surface area (Å²) < 4.78 is 33.3. The fraction of sp³-hybridized carbons (Fsp3) is 0.167. The summed E-state index contributed by atoms with van der Waals surface area (Å²) in [6.45, 7) is 0. The van der Waals surface area contributed by atoms with Crippen molar-refractivity contribution in [1.82, 2.24) is 4.98 Å². The van der Waals surface area contributed by atoms with Crippen LogP contribution in [0.4, 0.5) is 4.39 Å². The van der Waals surface area contributed by atoms with Crippen LogP contribution in [-0.4, -0.2) is 13.4 Å². The molecule has 66 valence electrons. The van der Waals surface area contributed by atoms with Crippen LogP contribution in [0.2, 0.25) is 0 Å². The van der Waals surface area contributed by atoms with E-state index in [0.29, 0.717) is 0 Å². The van der Waals surface area contributed by atoms with Gasteiger partial charge in [0.05, 0.1) is 11.9 Å². The molecular formula is C6H5ClFNO2S. The van der Waals surface area contributed by atoms with E-state index in [1.807, 2.05) is 0 Å². The molecule has 12 heavy (non-hydrogen) atoms. The summed E-state index contributed by atoms with van der Waals surface area (Å²) in [4.78, 5) is 3.53. The molecule has 1 heterocycles. The van der Waals surface area contributed by atoms with Crippen molar-refractivity contribution in [3.8, 4) is 0 Å². The van der Waals surface area contributed by atoms with E-state index in [9.17, 15) is 12.8 Å². The zero-order valence-corrected chi connectivity index (χ0v) is 7.44. The van der Waals surface area contributed by atoms with Gasteiger partial charge >= 0.3 is 0 Å². The normalized spacial score (nSPS) is 11.5. The van der Waals surface area contributed by atoms with Gasteiger partial charge in [0.1, 0.15) is 11.6 Å². The second-order valence-electron chi connectivity index (χ2n) is 2.15. The molecule has 0 atom stereocenters. The molecule has 0 aliphatic heterocycles. The minimum atomic E-state index is -3.60. The van der Waals surface area contributed by atoms with Gasteiger partial charge in [0.15, 0.2) is 0 Å². The smallest absolute Gasteiger partial charge is 0.238 e. The molecule has 0 bridgehead atoms. The third kappa shape index (κ3) is 3.15. The van der Waals surface area contributed by atoms with Crippen LogP contribution in [0.25, 0.3) is 0 Å². The number of pyridine rings is 1. The molecule has 0 radical (unpaired) electrons. The number of halogens is 2. The van der Waals surface area contributed by atoms with Crippen LogP contribution < -0.4 is 0 Å². The summed E-state index contributed by atoms with van der Waals surface area (Å²) in [5, 5.41) is 0. The molecule has 1 rings (SSSR count). The van der Waals surface area contributed by atoms with Gasteiger partial charge < -0.3 is 0 Å². The molecule has 0 unspecified atom stereocenters. The molecule has 0 amide bonds. The van der Waals surface area contributed by atoms with Crippen LogP contribution in [-0.2, 0) is 14.8 Å². The Labute approximate surface area is 73.6 Å². The Morgan fingerprint density at radius 2 is 2.17 bits per heavy atom. The maximum Gasteiger partial charge on any atom is 0.238 e. The van der Waals surface area contributed by atoms with Crippen molar-refractivity contribution in [2.24, 2.45) is 0 Å². The van der Waals surface area contributed by atoms with Gasteiger partial charge in [0.2, 0.25) is 9.05 Å². The summed E-state index contributed by atoms with van der Waals surface area (Å²) in [5.74, 6) is -0.889. The Morgan fingerprint density at radius 1 is 1.50 bits per heavy atom. The van der Waals surface area contributed by atoms with E-state index in [-0.39, 0.29) is 11.4 Å². The van der Waals surface area contributed by atoms with Crippen LogP contribution in [0, 0.1) is 5.82 Å². The van der Waals surface area contributed by atoms with Crippen molar-refractivity contribution < 1.29 is 12.8 Å². The highest BCUT2D eigenvalue weighted by Gasteiger charge is 2.07. The van der Waals surface area contributed by atoms with E-state index in [1.54, 1.807) is 0 Å². The molecule has 0 saturated carbocycles. The van der Waals surface area contributed by atoms with Gasteiger partial charge in [-0.25, -0.2) is 12.8 Å². The van der Waals surface area contributed by atoms with Crippen LogP contribution in [0.3, 0.4) is 0 Å². The fourth-order valence-corrected chi connectivity index (χ4v) is 1.53. The van der Waals surface area contributed by atoms with E-state index < -0.39 is 14.9 Å². The van der Waals surface area contributed by atoms with Crippen LogP contribution >= 0.6 is 10.7 Å². The Morgan fingerprint density at radius 3 is 2.58 bits per heavy atom. The van der Waals surface area contributed by atoms with Crippen LogP contribution in [0.15, 0.2) is 18.3 Å². The summed E-state index contributed by atoms with van der Waals surface area (Å²) in [6.07, 6.45) is 0.942. The minimum absolute atomic E-state index is 0.228. The van der Waals surface area contributed by atoms with Gasteiger partial charge in [-0.2, -0.15) is 0 Å². The molecule has 0 N–H and O–H groups in total. The second kappa shape index (κ2) is 3.37. The fourth-order valence-electron chi connectivity index (χ4n) is 0.668.